The van der Waals surface area contributed by atoms with Crippen LogP contribution < -0.4 is 10.1 Å². The van der Waals surface area contributed by atoms with E-state index in [0.717, 1.165) is 16.9 Å². The second-order valence-electron chi connectivity index (χ2n) is 6.58. The lowest BCUT2D eigenvalue weighted by Gasteiger charge is -2.25. The fourth-order valence-electron chi connectivity index (χ4n) is 1.94. The molecular formula is C17H29NO3. The summed E-state index contributed by atoms with van der Waals surface area (Å²) in [5.74, 6) is 1.22. The molecule has 0 fully saturated rings. The molecule has 0 spiro atoms. The fourth-order valence-corrected chi connectivity index (χ4v) is 1.94. The van der Waals surface area contributed by atoms with Crippen LogP contribution in [0.3, 0.4) is 0 Å². The van der Waals surface area contributed by atoms with Crippen LogP contribution in [-0.4, -0.2) is 41.6 Å². The van der Waals surface area contributed by atoms with Crippen molar-refractivity contribution in [2.24, 2.45) is 0 Å². The summed E-state index contributed by atoms with van der Waals surface area (Å²) in [6.45, 7) is 10.7. The van der Waals surface area contributed by atoms with E-state index in [-0.39, 0.29) is 13.2 Å². The van der Waals surface area contributed by atoms with Gasteiger partial charge in [0.25, 0.3) is 0 Å². The Labute approximate surface area is 128 Å². The minimum atomic E-state index is -0.614. The third-order valence-electron chi connectivity index (χ3n) is 3.43. The summed E-state index contributed by atoms with van der Waals surface area (Å²) in [6.07, 6.45) is -0.614. The molecule has 0 unspecified atom stereocenters. The third kappa shape index (κ3) is 6.04. The molecule has 1 aromatic carbocycles. The summed E-state index contributed by atoms with van der Waals surface area (Å²) in [5.41, 5.74) is 1.90. The minimum absolute atomic E-state index is 0.0238. The van der Waals surface area contributed by atoms with E-state index in [4.69, 9.17) is 9.84 Å². The maximum atomic E-state index is 10.00. The van der Waals surface area contributed by atoms with E-state index in [0.29, 0.717) is 12.5 Å². The minimum Gasteiger partial charge on any atom is -0.491 e. The van der Waals surface area contributed by atoms with E-state index in [2.05, 4.69) is 31.3 Å². The maximum Gasteiger partial charge on any atom is 0.123 e. The van der Waals surface area contributed by atoms with Crippen LogP contribution >= 0.6 is 0 Å². The zero-order valence-electron chi connectivity index (χ0n) is 13.8. The van der Waals surface area contributed by atoms with Crippen LogP contribution in [0.4, 0.5) is 0 Å². The zero-order valence-corrected chi connectivity index (χ0v) is 13.8. The van der Waals surface area contributed by atoms with Crippen molar-refractivity contribution >= 4 is 0 Å². The highest BCUT2D eigenvalue weighted by molar-refractivity contribution is 5.39. The number of aliphatic hydroxyl groups excluding tert-OH is 2. The Hall–Kier alpha value is -1.10. The summed E-state index contributed by atoms with van der Waals surface area (Å²) < 4.78 is 5.79. The Morgan fingerprint density at radius 3 is 2.52 bits per heavy atom. The lowest BCUT2D eigenvalue weighted by molar-refractivity contribution is 0.0901. The molecule has 0 saturated carbocycles. The van der Waals surface area contributed by atoms with Crippen molar-refractivity contribution in [3.8, 4) is 5.75 Å². The van der Waals surface area contributed by atoms with Crippen LogP contribution in [0.2, 0.25) is 0 Å². The second kappa shape index (κ2) is 7.78. The van der Waals surface area contributed by atoms with Crippen LogP contribution in [0.25, 0.3) is 0 Å². The monoisotopic (exact) mass is 295 g/mol. The molecule has 21 heavy (non-hydrogen) atoms. The first kappa shape index (κ1) is 18.0. The summed E-state index contributed by atoms with van der Waals surface area (Å²) >= 11 is 0. The summed E-state index contributed by atoms with van der Waals surface area (Å²) in [4.78, 5) is 0. The molecule has 0 aliphatic carbocycles. The van der Waals surface area contributed by atoms with Gasteiger partial charge in [-0.3, -0.25) is 0 Å². The first-order chi connectivity index (χ1) is 9.75. The molecule has 0 bridgehead atoms. The molecule has 0 amide bonds. The third-order valence-corrected chi connectivity index (χ3v) is 3.43. The SMILES string of the molecule is Cc1ccc(C(C)C)c(OC[C@@H](O)CNC(C)(C)CO)c1. The lowest BCUT2D eigenvalue weighted by Crippen LogP contribution is -2.47. The Balaban J connectivity index is 2.57. The van der Waals surface area contributed by atoms with Crippen molar-refractivity contribution in [2.75, 3.05) is 19.8 Å². The largest absolute Gasteiger partial charge is 0.491 e. The molecule has 0 aromatic heterocycles. The van der Waals surface area contributed by atoms with Crippen LogP contribution in [-0.2, 0) is 0 Å². The Morgan fingerprint density at radius 1 is 1.29 bits per heavy atom. The van der Waals surface area contributed by atoms with E-state index in [9.17, 15) is 5.11 Å². The lowest BCUT2D eigenvalue weighted by atomic mass is 10.0. The highest BCUT2D eigenvalue weighted by atomic mass is 16.5. The average molecular weight is 295 g/mol. The van der Waals surface area contributed by atoms with Crippen LogP contribution in [0.1, 0.15) is 44.7 Å². The van der Waals surface area contributed by atoms with Crippen LogP contribution in [0, 0.1) is 6.92 Å². The van der Waals surface area contributed by atoms with Crippen molar-refractivity contribution in [1.29, 1.82) is 0 Å². The van der Waals surface area contributed by atoms with E-state index in [1.165, 1.54) is 0 Å². The van der Waals surface area contributed by atoms with Gasteiger partial charge in [-0.1, -0.05) is 26.0 Å². The number of nitrogens with one attached hydrogen (secondary N) is 1. The highest BCUT2D eigenvalue weighted by Gasteiger charge is 2.17. The zero-order chi connectivity index (χ0) is 16.0. The number of aryl methyl sites for hydroxylation is 1. The number of β-amino-alcohol motifs (C(OH)–C–C–N with tert-alkyl or cyclic N) is 1. The molecule has 0 saturated heterocycles. The van der Waals surface area contributed by atoms with Gasteiger partial charge in [-0.05, 0) is 43.9 Å². The van der Waals surface area contributed by atoms with Gasteiger partial charge in [0.15, 0.2) is 0 Å². The number of rotatable bonds is 8. The number of benzene rings is 1. The number of hydrogen-bond acceptors (Lipinski definition) is 4. The van der Waals surface area contributed by atoms with Gasteiger partial charge in [0, 0.05) is 12.1 Å². The maximum absolute atomic E-state index is 10.00. The first-order valence-corrected chi connectivity index (χ1v) is 7.52. The smallest absolute Gasteiger partial charge is 0.123 e. The summed E-state index contributed by atoms with van der Waals surface area (Å²) in [7, 11) is 0. The van der Waals surface area contributed by atoms with Crippen molar-refractivity contribution in [3.05, 3.63) is 29.3 Å². The predicted octanol–water partition coefficient (Wildman–Crippen LogP) is 2.22. The second-order valence-corrected chi connectivity index (χ2v) is 6.58. The average Bonchev–Trinajstić information content (AvgIpc) is 2.42. The fraction of sp³-hybridized carbons (Fsp3) is 0.647. The molecule has 1 rings (SSSR count). The number of hydrogen-bond donors (Lipinski definition) is 3. The summed E-state index contributed by atoms with van der Waals surface area (Å²) in [6, 6.07) is 6.16. The van der Waals surface area contributed by atoms with Gasteiger partial charge < -0.3 is 20.3 Å². The van der Waals surface area contributed by atoms with Crippen molar-refractivity contribution in [3.63, 3.8) is 0 Å². The topological polar surface area (TPSA) is 61.7 Å². The van der Waals surface area contributed by atoms with E-state index in [1.807, 2.05) is 26.8 Å². The Bertz CT molecular complexity index is 444. The predicted molar refractivity (Wildman–Crippen MR) is 85.9 cm³/mol. The molecule has 0 aliphatic heterocycles. The molecule has 1 aromatic rings. The molecule has 120 valence electrons. The quantitative estimate of drug-likeness (QED) is 0.688. The van der Waals surface area contributed by atoms with Crippen molar-refractivity contribution < 1.29 is 14.9 Å². The normalized spacial score (nSPS) is 13.5. The molecule has 3 N–H and O–H groups in total. The van der Waals surface area contributed by atoms with Crippen molar-refractivity contribution in [2.45, 2.75) is 52.2 Å². The Morgan fingerprint density at radius 2 is 1.95 bits per heavy atom. The molecule has 1 atom stereocenters. The van der Waals surface area contributed by atoms with Gasteiger partial charge in [-0.25, -0.2) is 0 Å². The molecule has 0 heterocycles. The van der Waals surface area contributed by atoms with E-state index >= 15 is 0 Å². The van der Waals surface area contributed by atoms with Gasteiger partial charge in [0.2, 0.25) is 0 Å². The Kier molecular flexibility index (Phi) is 6.65. The van der Waals surface area contributed by atoms with Gasteiger partial charge in [-0.15, -0.1) is 0 Å². The highest BCUT2D eigenvalue weighted by Crippen LogP contribution is 2.27. The molecule has 0 radical (unpaired) electrons. The van der Waals surface area contributed by atoms with Crippen LogP contribution in [0.15, 0.2) is 18.2 Å². The number of ether oxygens (including phenoxy) is 1. The van der Waals surface area contributed by atoms with E-state index in [1.54, 1.807) is 0 Å². The molecular weight excluding hydrogens is 266 g/mol. The summed E-state index contributed by atoms with van der Waals surface area (Å²) in [5, 5.41) is 22.3. The van der Waals surface area contributed by atoms with Gasteiger partial charge in [0.05, 0.1) is 6.61 Å². The molecule has 0 aliphatic rings. The molecule has 4 heteroatoms. The van der Waals surface area contributed by atoms with Crippen molar-refractivity contribution in [1.82, 2.24) is 5.32 Å². The molecule has 4 nitrogen and oxygen atoms in total. The van der Waals surface area contributed by atoms with Gasteiger partial charge in [0.1, 0.15) is 18.5 Å². The standard InChI is InChI=1S/C17H29NO3/c1-12(2)15-7-6-13(3)8-16(15)21-10-14(20)9-18-17(4,5)11-19/h6-8,12,14,18-20H,9-11H2,1-5H3/t14-/m0/s1. The van der Waals surface area contributed by atoms with Crippen LogP contribution in [0.5, 0.6) is 5.75 Å². The van der Waals surface area contributed by atoms with Gasteiger partial charge in [-0.2, -0.15) is 0 Å². The first-order valence-electron chi connectivity index (χ1n) is 7.52. The van der Waals surface area contributed by atoms with E-state index < -0.39 is 11.6 Å². The number of aliphatic hydroxyl groups is 2. The van der Waals surface area contributed by atoms with Gasteiger partial charge >= 0.3 is 0 Å².